The minimum Gasteiger partial charge on any atom is -0.373 e. The van der Waals surface area contributed by atoms with Crippen LogP contribution in [-0.2, 0) is 4.74 Å². The van der Waals surface area contributed by atoms with Crippen LogP contribution in [0, 0.1) is 11.7 Å². The Bertz CT molecular complexity index is 386. The van der Waals surface area contributed by atoms with Crippen LogP contribution in [0.2, 0.25) is 0 Å². The maximum Gasteiger partial charge on any atom is 0.123 e. The summed E-state index contributed by atoms with van der Waals surface area (Å²) in [6.07, 6.45) is 1.03. The van der Waals surface area contributed by atoms with Crippen molar-refractivity contribution in [2.45, 2.75) is 19.4 Å². The molecule has 0 radical (unpaired) electrons. The third kappa shape index (κ3) is 3.06. The van der Waals surface area contributed by atoms with Crippen molar-refractivity contribution in [2.75, 3.05) is 19.7 Å². The SMILES string of the molecule is CCNCC1CCOC1c1cc(F)ccc1Br. The molecule has 2 rings (SSSR count). The van der Waals surface area contributed by atoms with E-state index >= 15 is 0 Å². The van der Waals surface area contributed by atoms with Gasteiger partial charge in [-0.15, -0.1) is 0 Å². The van der Waals surface area contributed by atoms with Crippen LogP contribution < -0.4 is 5.32 Å². The van der Waals surface area contributed by atoms with Gasteiger partial charge in [0.1, 0.15) is 5.82 Å². The number of halogens is 2. The molecule has 0 bridgehead atoms. The maximum atomic E-state index is 13.3. The average Bonchev–Trinajstić information content (AvgIpc) is 2.77. The number of ether oxygens (including phenoxy) is 1. The van der Waals surface area contributed by atoms with Gasteiger partial charge in [0, 0.05) is 23.5 Å². The van der Waals surface area contributed by atoms with E-state index in [4.69, 9.17) is 4.74 Å². The summed E-state index contributed by atoms with van der Waals surface area (Å²) in [6.45, 7) is 4.71. The molecule has 0 spiro atoms. The van der Waals surface area contributed by atoms with Gasteiger partial charge in [0.25, 0.3) is 0 Å². The first-order valence-corrected chi connectivity index (χ1v) is 6.79. The zero-order chi connectivity index (χ0) is 12.3. The van der Waals surface area contributed by atoms with Crippen molar-refractivity contribution in [3.05, 3.63) is 34.1 Å². The van der Waals surface area contributed by atoms with Gasteiger partial charge in [-0.1, -0.05) is 22.9 Å². The van der Waals surface area contributed by atoms with E-state index in [9.17, 15) is 4.39 Å². The molecule has 4 heteroatoms. The summed E-state index contributed by atoms with van der Waals surface area (Å²) in [5, 5.41) is 3.33. The molecule has 17 heavy (non-hydrogen) atoms. The molecular weight excluding hydrogens is 285 g/mol. The van der Waals surface area contributed by atoms with Crippen molar-refractivity contribution in [2.24, 2.45) is 5.92 Å². The lowest BCUT2D eigenvalue weighted by atomic mass is 9.95. The number of hydrogen-bond acceptors (Lipinski definition) is 2. The highest BCUT2D eigenvalue weighted by molar-refractivity contribution is 9.10. The molecule has 0 aliphatic carbocycles. The Labute approximate surface area is 110 Å². The largest absolute Gasteiger partial charge is 0.373 e. The molecule has 0 amide bonds. The van der Waals surface area contributed by atoms with Crippen LogP contribution in [0.1, 0.15) is 25.0 Å². The molecule has 1 fully saturated rings. The van der Waals surface area contributed by atoms with E-state index in [1.54, 1.807) is 12.1 Å². The van der Waals surface area contributed by atoms with Crippen molar-refractivity contribution in [1.29, 1.82) is 0 Å². The smallest absolute Gasteiger partial charge is 0.123 e. The monoisotopic (exact) mass is 301 g/mol. The van der Waals surface area contributed by atoms with Crippen molar-refractivity contribution in [3.63, 3.8) is 0 Å². The summed E-state index contributed by atoms with van der Waals surface area (Å²) in [5.74, 6) is 0.217. The fraction of sp³-hybridized carbons (Fsp3) is 0.538. The van der Waals surface area contributed by atoms with E-state index in [0.29, 0.717) is 5.92 Å². The predicted molar refractivity (Wildman–Crippen MR) is 69.4 cm³/mol. The van der Waals surface area contributed by atoms with Gasteiger partial charge in [-0.05, 0) is 36.7 Å². The molecule has 0 saturated carbocycles. The Morgan fingerprint density at radius 3 is 3.12 bits per heavy atom. The fourth-order valence-corrected chi connectivity index (χ4v) is 2.72. The Morgan fingerprint density at radius 1 is 1.53 bits per heavy atom. The van der Waals surface area contributed by atoms with Crippen LogP contribution in [-0.4, -0.2) is 19.7 Å². The van der Waals surface area contributed by atoms with E-state index in [-0.39, 0.29) is 11.9 Å². The first-order valence-electron chi connectivity index (χ1n) is 5.99. The topological polar surface area (TPSA) is 21.3 Å². The normalized spacial score (nSPS) is 24.2. The zero-order valence-electron chi connectivity index (χ0n) is 9.88. The first kappa shape index (κ1) is 13.0. The standard InChI is InChI=1S/C13H17BrFNO/c1-2-16-8-9-5-6-17-13(9)11-7-10(15)3-4-12(11)14/h3-4,7,9,13,16H,2,5-6,8H2,1H3. The molecule has 2 unspecified atom stereocenters. The summed E-state index contributed by atoms with van der Waals surface area (Å²) in [7, 11) is 0. The van der Waals surface area contributed by atoms with Crippen LogP contribution in [0.4, 0.5) is 4.39 Å². The maximum absolute atomic E-state index is 13.3. The number of benzene rings is 1. The average molecular weight is 302 g/mol. The first-order chi connectivity index (χ1) is 8.22. The van der Waals surface area contributed by atoms with Gasteiger partial charge >= 0.3 is 0 Å². The lowest BCUT2D eigenvalue weighted by Gasteiger charge is -2.20. The molecule has 1 aliphatic rings. The lowest BCUT2D eigenvalue weighted by Crippen LogP contribution is -2.24. The van der Waals surface area contributed by atoms with E-state index < -0.39 is 0 Å². The highest BCUT2D eigenvalue weighted by Gasteiger charge is 2.30. The second kappa shape index (κ2) is 5.94. The summed E-state index contributed by atoms with van der Waals surface area (Å²) >= 11 is 3.47. The van der Waals surface area contributed by atoms with Crippen LogP contribution in [0.25, 0.3) is 0 Å². The number of nitrogens with one attached hydrogen (secondary N) is 1. The third-order valence-electron chi connectivity index (χ3n) is 3.14. The molecule has 2 nitrogen and oxygen atoms in total. The summed E-state index contributed by atoms with van der Waals surface area (Å²) in [5.41, 5.74) is 0.922. The molecule has 1 aromatic rings. The van der Waals surface area contributed by atoms with Crippen LogP contribution >= 0.6 is 15.9 Å². The second-order valence-corrected chi connectivity index (χ2v) is 5.17. The van der Waals surface area contributed by atoms with E-state index in [0.717, 1.165) is 36.2 Å². The van der Waals surface area contributed by atoms with Gasteiger partial charge in [-0.25, -0.2) is 4.39 Å². The molecule has 1 N–H and O–H groups in total. The molecular formula is C13H17BrFNO. The second-order valence-electron chi connectivity index (χ2n) is 4.31. The van der Waals surface area contributed by atoms with Crippen molar-refractivity contribution in [3.8, 4) is 0 Å². The van der Waals surface area contributed by atoms with Gasteiger partial charge in [-0.3, -0.25) is 0 Å². The predicted octanol–water partition coefficient (Wildman–Crippen LogP) is 3.28. The Hall–Kier alpha value is -0.450. The molecule has 2 atom stereocenters. The Kier molecular flexibility index (Phi) is 4.54. The Balaban J connectivity index is 2.16. The molecule has 1 heterocycles. The lowest BCUT2D eigenvalue weighted by molar-refractivity contribution is 0.0898. The van der Waals surface area contributed by atoms with Gasteiger partial charge < -0.3 is 10.1 Å². The summed E-state index contributed by atoms with van der Waals surface area (Å²) in [6, 6.07) is 4.78. The summed E-state index contributed by atoms with van der Waals surface area (Å²) in [4.78, 5) is 0. The van der Waals surface area contributed by atoms with Crippen LogP contribution in [0.3, 0.4) is 0 Å². The van der Waals surface area contributed by atoms with Crippen molar-refractivity contribution >= 4 is 15.9 Å². The van der Waals surface area contributed by atoms with E-state index in [1.165, 1.54) is 6.07 Å². The van der Waals surface area contributed by atoms with Gasteiger partial charge in [0.15, 0.2) is 0 Å². The molecule has 1 saturated heterocycles. The highest BCUT2D eigenvalue weighted by atomic mass is 79.9. The van der Waals surface area contributed by atoms with E-state index in [1.807, 2.05) is 0 Å². The van der Waals surface area contributed by atoms with Gasteiger partial charge in [-0.2, -0.15) is 0 Å². The summed E-state index contributed by atoms with van der Waals surface area (Å²) < 4.78 is 20.0. The number of hydrogen-bond donors (Lipinski definition) is 1. The minimum absolute atomic E-state index is 0.000810. The molecule has 0 aromatic heterocycles. The quantitative estimate of drug-likeness (QED) is 0.921. The third-order valence-corrected chi connectivity index (χ3v) is 3.86. The van der Waals surface area contributed by atoms with Crippen LogP contribution in [0.5, 0.6) is 0 Å². The molecule has 1 aromatic carbocycles. The molecule has 94 valence electrons. The Morgan fingerprint density at radius 2 is 2.35 bits per heavy atom. The van der Waals surface area contributed by atoms with Gasteiger partial charge in [0.2, 0.25) is 0 Å². The highest BCUT2D eigenvalue weighted by Crippen LogP contribution is 2.37. The fourth-order valence-electron chi connectivity index (χ4n) is 2.25. The van der Waals surface area contributed by atoms with Gasteiger partial charge in [0.05, 0.1) is 6.10 Å². The van der Waals surface area contributed by atoms with Crippen molar-refractivity contribution in [1.82, 2.24) is 5.32 Å². The molecule has 1 aliphatic heterocycles. The number of rotatable bonds is 4. The van der Waals surface area contributed by atoms with Crippen LogP contribution in [0.15, 0.2) is 22.7 Å². The zero-order valence-corrected chi connectivity index (χ0v) is 11.5. The minimum atomic E-state index is -0.207. The van der Waals surface area contributed by atoms with E-state index in [2.05, 4.69) is 28.2 Å². The van der Waals surface area contributed by atoms with Crippen molar-refractivity contribution < 1.29 is 9.13 Å².